The largest absolute Gasteiger partial charge is 0.389 e. The van der Waals surface area contributed by atoms with Crippen molar-refractivity contribution in [3.05, 3.63) is 0 Å². The second-order valence-electron chi connectivity index (χ2n) is 8.15. The molecule has 19 heavy (non-hydrogen) atoms. The summed E-state index contributed by atoms with van der Waals surface area (Å²) in [5, 5.41) is 13.3. The number of nitrogens with one attached hydrogen (secondary N) is 1. The van der Waals surface area contributed by atoms with E-state index in [0.29, 0.717) is 24.7 Å². The average Bonchev–Trinajstić information content (AvgIpc) is 2.19. The van der Waals surface area contributed by atoms with Gasteiger partial charge in [-0.2, -0.15) is 0 Å². The molecule has 3 heteroatoms. The number of ether oxygens (including phenoxy) is 1. The molecule has 1 saturated carbocycles. The molecule has 1 aliphatic rings. The molecule has 0 aromatic carbocycles. The van der Waals surface area contributed by atoms with Gasteiger partial charge < -0.3 is 15.2 Å². The number of aliphatic hydroxyl groups is 1. The Morgan fingerprint density at radius 2 is 1.95 bits per heavy atom. The third-order valence-corrected chi connectivity index (χ3v) is 3.74. The minimum atomic E-state index is -0.417. The van der Waals surface area contributed by atoms with Crippen LogP contribution in [-0.2, 0) is 4.74 Å². The van der Waals surface area contributed by atoms with Crippen molar-refractivity contribution in [2.24, 2.45) is 11.3 Å². The fraction of sp³-hybridized carbons (Fsp3) is 1.00. The molecule has 3 nitrogen and oxygen atoms in total. The molecule has 1 fully saturated rings. The smallest absolute Gasteiger partial charge is 0.0898 e. The topological polar surface area (TPSA) is 41.5 Å². The van der Waals surface area contributed by atoms with Gasteiger partial charge in [-0.3, -0.25) is 0 Å². The first-order valence-corrected chi connectivity index (χ1v) is 7.62. The Hall–Kier alpha value is -0.120. The highest BCUT2D eigenvalue weighted by molar-refractivity contribution is 4.83. The second-order valence-corrected chi connectivity index (χ2v) is 8.15. The Morgan fingerprint density at radius 1 is 1.32 bits per heavy atom. The normalized spacial score (nSPS) is 29.2. The number of hydrogen-bond donors (Lipinski definition) is 2. The van der Waals surface area contributed by atoms with E-state index in [4.69, 9.17) is 4.74 Å². The van der Waals surface area contributed by atoms with Crippen LogP contribution in [0.25, 0.3) is 0 Å². The predicted molar refractivity (Wildman–Crippen MR) is 80.3 cm³/mol. The molecule has 0 bridgehead atoms. The maximum atomic E-state index is 9.95. The van der Waals surface area contributed by atoms with Crippen LogP contribution in [0.15, 0.2) is 0 Å². The fourth-order valence-corrected chi connectivity index (χ4v) is 3.12. The lowest BCUT2D eigenvalue weighted by Crippen LogP contribution is -2.43. The Labute approximate surface area is 119 Å². The zero-order valence-electron chi connectivity index (χ0n) is 13.6. The SMILES string of the molecule is CC1CC(OCC(O)CNC(C)(C)C)CC(C)(C)C1. The molecule has 0 spiro atoms. The quantitative estimate of drug-likeness (QED) is 0.808. The summed E-state index contributed by atoms with van der Waals surface area (Å²) in [7, 11) is 0. The van der Waals surface area contributed by atoms with Gasteiger partial charge in [0.1, 0.15) is 0 Å². The van der Waals surface area contributed by atoms with Gasteiger partial charge in [0.2, 0.25) is 0 Å². The van der Waals surface area contributed by atoms with Crippen LogP contribution in [0.4, 0.5) is 0 Å². The minimum Gasteiger partial charge on any atom is -0.389 e. The van der Waals surface area contributed by atoms with E-state index in [-0.39, 0.29) is 5.54 Å². The van der Waals surface area contributed by atoms with Gasteiger partial charge in [0.05, 0.1) is 18.8 Å². The molecule has 0 amide bonds. The minimum absolute atomic E-state index is 0.0440. The standard InChI is InChI=1S/C16H33NO2/c1-12-7-14(9-16(5,6)8-12)19-11-13(18)10-17-15(2,3)4/h12-14,17-18H,7-11H2,1-6H3. The lowest BCUT2D eigenvalue weighted by atomic mass is 9.71. The van der Waals surface area contributed by atoms with Crippen LogP contribution in [0.1, 0.15) is 60.8 Å². The molecule has 0 saturated heterocycles. The maximum absolute atomic E-state index is 9.95. The van der Waals surface area contributed by atoms with Gasteiger partial charge in [0, 0.05) is 12.1 Å². The summed E-state index contributed by atoms with van der Waals surface area (Å²) >= 11 is 0. The van der Waals surface area contributed by atoms with E-state index in [9.17, 15) is 5.11 Å². The summed E-state index contributed by atoms with van der Waals surface area (Å²) in [6.45, 7) is 14.3. The van der Waals surface area contributed by atoms with Crippen molar-refractivity contribution in [2.75, 3.05) is 13.2 Å². The first-order valence-electron chi connectivity index (χ1n) is 7.62. The molecule has 0 heterocycles. The van der Waals surface area contributed by atoms with E-state index in [1.807, 2.05) is 0 Å². The number of aliphatic hydroxyl groups excluding tert-OH is 1. The molecular weight excluding hydrogens is 238 g/mol. The third-order valence-electron chi connectivity index (χ3n) is 3.74. The van der Waals surface area contributed by atoms with Gasteiger partial charge in [-0.25, -0.2) is 0 Å². The number of rotatable bonds is 5. The van der Waals surface area contributed by atoms with E-state index in [0.717, 1.165) is 18.8 Å². The zero-order valence-corrected chi connectivity index (χ0v) is 13.6. The van der Waals surface area contributed by atoms with E-state index < -0.39 is 6.10 Å². The molecule has 3 atom stereocenters. The van der Waals surface area contributed by atoms with Crippen molar-refractivity contribution >= 4 is 0 Å². The average molecular weight is 271 g/mol. The van der Waals surface area contributed by atoms with Crippen molar-refractivity contribution in [3.8, 4) is 0 Å². The lowest BCUT2D eigenvalue weighted by Gasteiger charge is -2.39. The molecule has 0 aromatic rings. The van der Waals surface area contributed by atoms with Crippen LogP contribution < -0.4 is 5.32 Å². The van der Waals surface area contributed by atoms with Crippen LogP contribution in [-0.4, -0.2) is 36.0 Å². The van der Waals surface area contributed by atoms with E-state index in [1.54, 1.807) is 0 Å². The summed E-state index contributed by atoms with van der Waals surface area (Å²) in [5.74, 6) is 0.721. The Balaban J connectivity index is 2.28. The molecule has 1 rings (SSSR count). The van der Waals surface area contributed by atoms with E-state index in [2.05, 4.69) is 46.9 Å². The van der Waals surface area contributed by atoms with Gasteiger partial charge >= 0.3 is 0 Å². The van der Waals surface area contributed by atoms with Crippen LogP contribution in [0, 0.1) is 11.3 Å². The van der Waals surface area contributed by atoms with Crippen molar-refractivity contribution in [1.29, 1.82) is 0 Å². The highest BCUT2D eigenvalue weighted by Gasteiger charge is 2.32. The first-order chi connectivity index (χ1) is 8.57. The highest BCUT2D eigenvalue weighted by Crippen LogP contribution is 2.39. The van der Waals surface area contributed by atoms with E-state index >= 15 is 0 Å². The van der Waals surface area contributed by atoms with Gasteiger partial charge in [-0.05, 0) is 51.4 Å². The maximum Gasteiger partial charge on any atom is 0.0898 e. The first kappa shape index (κ1) is 16.9. The van der Waals surface area contributed by atoms with Gasteiger partial charge in [-0.15, -0.1) is 0 Å². The molecule has 1 aliphatic carbocycles. The zero-order chi connectivity index (χ0) is 14.7. The molecule has 114 valence electrons. The van der Waals surface area contributed by atoms with Gasteiger partial charge in [0.25, 0.3) is 0 Å². The summed E-state index contributed by atoms with van der Waals surface area (Å²) in [6.07, 6.45) is 3.41. The monoisotopic (exact) mass is 271 g/mol. The molecule has 0 aromatic heterocycles. The summed E-state index contributed by atoms with van der Waals surface area (Å²) in [4.78, 5) is 0. The lowest BCUT2D eigenvalue weighted by molar-refractivity contribution is -0.0558. The van der Waals surface area contributed by atoms with Crippen LogP contribution in [0.3, 0.4) is 0 Å². The summed E-state index contributed by atoms with van der Waals surface area (Å²) < 4.78 is 5.93. The van der Waals surface area contributed by atoms with Crippen molar-refractivity contribution in [2.45, 2.75) is 78.6 Å². The number of hydrogen-bond acceptors (Lipinski definition) is 3. The second kappa shape index (κ2) is 6.55. The Bertz CT molecular complexity index is 270. The van der Waals surface area contributed by atoms with Crippen LogP contribution >= 0.6 is 0 Å². The number of β-amino-alcohol motifs (C(OH)–C–C–N with tert-alkyl or cyclic N) is 1. The van der Waals surface area contributed by atoms with E-state index in [1.165, 1.54) is 6.42 Å². The van der Waals surface area contributed by atoms with Crippen molar-refractivity contribution in [1.82, 2.24) is 5.32 Å². The van der Waals surface area contributed by atoms with Crippen LogP contribution in [0.5, 0.6) is 0 Å². The fourth-order valence-electron chi connectivity index (χ4n) is 3.12. The third kappa shape index (κ3) is 7.28. The van der Waals surface area contributed by atoms with Gasteiger partial charge in [0.15, 0.2) is 0 Å². The molecule has 0 radical (unpaired) electrons. The summed E-state index contributed by atoms with van der Waals surface area (Å²) in [6, 6.07) is 0. The summed E-state index contributed by atoms with van der Waals surface area (Å²) in [5.41, 5.74) is 0.416. The molecule has 0 aliphatic heterocycles. The molecular formula is C16H33NO2. The predicted octanol–water partition coefficient (Wildman–Crippen LogP) is 2.97. The van der Waals surface area contributed by atoms with Crippen molar-refractivity contribution < 1.29 is 9.84 Å². The molecule has 3 unspecified atom stereocenters. The highest BCUT2D eigenvalue weighted by atomic mass is 16.5. The van der Waals surface area contributed by atoms with Crippen molar-refractivity contribution in [3.63, 3.8) is 0 Å². The van der Waals surface area contributed by atoms with Gasteiger partial charge in [-0.1, -0.05) is 20.8 Å². The Kier molecular flexibility index (Phi) is 5.84. The molecule has 2 N–H and O–H groups in total. The van der Waals surface area contributed by atoms with Crippen LogP contribution in [0.2, 0.25) is 0 Å². The Morgan fingerprint density at radius 3 is 2.47 bits per heavy atom.